The Labute approximate surface area is 124 Å². The van der Waals surface area contributed by atoms with Crippen molar-refractivity contribution in [2.45, 2.75) is 79.6 Å². The van der Waals surface area contributed by atoms with Crippen LogP contribution in [0.1, 0.15) is 65.0 Å². The number of hydrogen-bond donors (Lipinski definition) is 1. The van der Waals surface area contributed by atoms with Crippen LogP contribution in [0.4, 0.5) is 0 Å². The fourth-order valence-electron chi connectivity index (χ4n) is 2.21. The van der Waals surface area contributed by atoms with Crippen LogP contribution in [0.3, 0.4) is 0 Å². The topological polar surface area (TPSA) is 28.4 Å². The van der Waals surface area contributed by atoms with Gasteiger partial charge in [0, 0.05) is 23.7 Å². The molecule has 0 spiro atoms. The number of hydrogen-bond acceptors (Lipinski definition) is 3. The minimum Gasteiger partial charge on any atom is -0.465 e. The zero-order valence-electron chi connectivity index (χ0n) is 14.3. The van der Waals surface area contributed by atoms with E-state index >= 15 is 0 Å². The molecule has 3 heteroatoms. The van der Waals surface area contributed by atoms with Gasteiger partial charge in [0.1, 0.15) is 11.5 Å². The van der Waals surface area contributed by atoms with E-state index in [0.29, 0.717) is 6.04 Å². The molecule has 0 unspecified atom stereocenters. The molecule has 0 fully saturated rings. The van der Waals surface area contributed by atoms with Gasteiger partial charge in [0.25, 0.3) is 0 Å². The lowest BCUT2D eigenvalue weighted by Gasteiger charge is -2.24. The lowest BCUT2D eigenvalue weighted by Crippen LogP contribution is -2.35. The Morgan fingerprint density at radius 2 is 1.95 bits per heavy atom. The number of nitrogens with one attached hydrogen (secondary N) is 1. The average molecular weight is 280 g/mol. The summed E-state index contributed by atoms with van der Waals surface area (Å²) < 4.78 is 5.93. The monoisotopic (exact) mass is 280 g/mol. The fourth-order valence-corrected chi connectivity index (χ4v) is 2.21. The van der Waals surface area contributed by atoms with Crippen molar-refractivity contribution < 1.29 is 4.42 Å². The molecule has 1 heterocycles. The summed E-state index contributed by atoms with van der Waals surface area (Å²) in [6, 6.07) is 2.76. The molecule has 0 saturated carbocycles. The second kappa shape index (κ2) is 7.28. The van der Waals surface area contributed by atoms with Gasteiger partial charge in [0.15, 0.2) is 0 Å². The number of furan rings is 1. The lowest BCUT2D eigenvalue weighted by atomic mass is 10.1. The molecule has 0 aliphatic rings. The largest absolute Gasteiger partial charge is 0.465 e. The van der Waals surface area contributed by atoms with Gasteiger partial charge in [-0.05, 0) is 60.6 Å². The molecule has 0 bridgehead atoms. The molecule has 3 nitrogen and oxygen atoms in total. The molecule has 1 aromatic rings. The van der Waals surface area contributed by atoms with Gasteiger partial charge in [0.05, 0.1) is 6.54 Å². The summed E-state index contributed by atoms with van der Waals surface area (Å²) in [7, 11) is 0. The molecule has 0 saturated heterocycles. The van der Waals surface area contributed by atoms with Crippen LogP contribution in [-0.4, -0.2) is 23.0 Å². The van der Waals surface area contributed by atoms with Gasteiger partial charge >= 0.3 is 0 Å². The van der Waals surface area contributed by atoms with Crippen LogP contribution in [0.2, 0.25) is 0 Å². The van der Waals surface area contributed by atoms with E-state index in [1.54, 1.807) is 0 Å². The molecular weight excluding hydrogens is 248 g/mol. The summed E-state index contributed by atoms with van der Waals surface area (Å²) in [5.41, 5.74) is 1.41. The smallest absolute Gasteiger partial charge is 0.118 e. The average Bonchev–Trinajstić information content (AvgIpc) is 2.65. The highest BCUT2D eigenvalue weighted by Gasteiger charge is 2.15. The zero-order chi connectivity index (χ0) is 15.3. The van der Waals surface area contributed by atoms with E-state index in [2.05, 4.69) is 64.7 Å². The van der Waals surface area contributed by atoms with E-state index in [9.17, 15) is 0 Å². The summed E-state index contributed by atoms with van der Waals surface area (Å²) >= 11 is 0. The van der Waals surface area contributed by atoms with Crippen molar-refractivity contribution in [3.05, 3.63) is 23.2 Å². The van der Waals surface area contributed by atoms with Gasteiger partial charge in [-0.25, -0.2) is 0 Å². The van der Waals surface area contributed by atoms with E-state index in [4.69, 9.17) is 4.42 Å². The van der Waals surface area contributed by atoms with E-state index in [0.717, 1.165) is 31.2 Å². The molecule has 0 aliphatic heterocycles. The van der Waals surface area contributed by atoms with Crippen molar-refractivity contribution in [1.82, 2.24) is 10.2 Å². The highest BCUT2D eigenvalue weighted by atomic mass is 16.3. The molecule has 116 valence electrons. The minimum atomic E-state index is 0.135. The van der Waals surface area contributed by atoms with Crippen LogP contribution >= 0.6 is 0 Å². The molecule has 0 amide bonds. The zero-order valence-corrected chi connectivity index (χ0v) is 14.3. The summed E-state index contributed by atoms with van der Waals surface area (Å²) in [5, 5.41) is 3.52. The standard InChI is InChI=1S/C17H32N2O/c1-8-9-19(13(2)3)12-16-10-15(14(4)20-16)11-18-17(5,6)7/h10,13,18H,8-9,11-12H2,1-7H3. The third kappa shape index (κ3) is 5.68. The predicted molar refractivity (Wildman–Crippen MR) is 85.9 cm³/mol. The first kappa shape index (κ1) is 17.3. The highest BCUT2D eigenvalue weighted by Crippen LogP contribution is 2.18. The van der Waals surface area contributed by atoms with Crippen LogP contribution in [0.25, 0.3) is 0 Å². The summed E-state index contributed by atoms with van der Waals surface area (Å²) in [5.74, 6) is 2.12. The SMILES string of the molecule is CCCN(Cc1cc(CNC(C)(C)C)c(C)o1)C(C)C. The van der Waals surface area contributed by atoms with E-state index in [-0.39, 0.29) is 5.54 Å². The van der Waals surface area contributed by atoms with Gasteiger partial charge in [-0.15, -0.1) is 0 Å². The third-order valence-electron chi connectivity index (χ3n) is 3.48. The normalized spacial score (nSPS) is 12.7. The second-order valence-electron chi connectivity index (χ2n) is 6.96. The number of aryl methyl sites for hydroxylation is 1. The predicted octanol–water partition coefficient (Wildman–Crippen LogP) is 4.10. The maximum Gasteiger partial charge on any atom is 0.118 e. The van der Waals surface area contributed by atoms with E-state index in [1.807, 2.05) is 0 Å². The van der Waals surface area contributed by atoms with Crippen molar-refractivity contribution in [2.75, 3.05) is 6.54 Å². The molecule has 1 aromatic heterocycles. The molecule has 0 aromatic carbocycles. The van der Waals surface area contributed by atoms with Gasteiger partial charge in [-0.1, -0.05) is 6.92 Å². The molecule has 20 heavy (non-hydrogen) atoms. The molecular formula is C17H32N2O. The van der Waals surface area contributed by atoms with Crippen LogP contribution < -0.4 is 5.32 Å². The van der Waals surface area contributed by atoms with Crippen LogP contribution in [0, 0.1) is 6.92 Å². The van der Waals surface area contributed by atoms with Crippen molar-refractivity contribution in [3.8, 4) is 0 Å². The Kier molecular flexibility index (Phi) is 6.28. The molecule has 0 aliphatic carbocycles. The van der Waals surface area contributed by atoms with Crippen LogP contribution in [-0.2, 0) is 13.1 Å². The Morgan fingerprint density at radius 1 is 1.30 bits per heavy atom. The van der Waals surface area contributed by atoms with Gasteiger partial charge < -0.3 is 9.73 Å². The summed E-state index contributed by atoms with van der Waals surface area (Å²) in [6.45, 7) is 18.2. The van der Waals surface area contributed by atoms with Gasteiger partial charge in [-0.3, -0.25) is 4.90 Å². The third-order valence-corrected chi connectivity index (χ3v) is 3.48. The van der Waals surface area contributed by atoms with Gasteiger partial charge in [0.2, 0.25) is 0 Å². The molecule has 0 radical (unpaired) electrons. The first-order chi connectivity index (χ1) is 9.23. The Hall–Kier alpha value is -0.800. The molecule has 0 atom stereocenters. The Bertz CT molecular complexity index is 402. The van der Waals surface area contributed by atoms with E-state index < -0.39 is 0 Å². The van der Waals surface area contributed by atoms with E-state index in [1.165, 1.54) is 12.0 Å². The van der Waals surface area contributed by atoms with Crippen LogP contribution in [0.15, 0.2) is 10.5 Å². The number of nitrogens with zero attached hydrogens (tertiary/aromatic N) is 1. The minimum absolute atomic E-state index is 0.135. The maximum atomic E-state index is 5.93. The Balaban J connectivity index is 2.68. The lowest BCUT2D eigenvalue weighted by molar-refractivity contribution is 0.196. The highest BCUT2D eigenvalue weighted by molar-refractivity contribution is 5.21. The Morgan fingerprint density at radius 3 is 2.45 bits per heavy atom. The maximum absolute atomic E-state index is 5.93. The fraction of sp³-hybridized carbons (Fsp3) is 0.765. The summed E-state index contributed by atoms with van der Waals surface area (Å²) in [4.78, 5) is 2.46. The van der Waals surface area contributed by atoms with Crippen molar-refractivity contribution in [1.29, 1.82) is 0 Å². The van der Waals surface area contributed by atoms with Crippen LogP contribution in [0.5, 0.6) is 0 Å². The van der Waals surface area contributed by atoms with Crippen molar-refractivity contribution >= 4 is 0 Å². The van der Waals surface area contributed by atoms with Gasteiger partial charge in [-0.2, -0.15) is 0 Å². The first-order valence-electron chi connectivity index (χ1n) is 7.80. The van der Waals surface area contributed by atoms with Crippen molar-refractivity contribution in [3.63, 3.8) is 0 Å². The quantitative estimate of drug-likeness (QED) is 0.815. The summed E-state index contributed by atoms with van der Waals surface area (Å²) in [6.07, 6.45) is 1.18. The molecule has 1 N–H and O–H groups in total. The number of rotatable bonds is 7. The second-order valence-corrected chi connectivity index (χ2v) is 6.96. The van der Waals surface area contributed by atoms with Crippen molar-refractivity contribution in [2.24, 2.45) is 0 Å². The molecule has 1 rings (SSSR count). The first-order valence-corrected chi connectivity index (χ1v) is 7.80.